The fourth-order valence-electron chi connectivity index (χ4n) is 5.98. The summed E-state index contributed by atoms with van der Waals surface area (Å²) in [5.74, 6) is 0. The first kappa shape index (κ1) is 24.6. The smallest absolute Gasteiger partial charge is 0.0956 e. The maximum Gasteiger partial charge on any atom is 0.0956 e. The Morgan fingerprint density at radius 1 is 0.548 bits per heavy atom. The molecular weight excluding hydrogens is 531 g/mol. The van der Waals surface area contributed by atoms with Crippen LogP contribution in [-0.4, -0.2) is 4.98 Å². The quantitative estimate of drug-likeness (QED) is 0.214. The molecule has 3 heterocycles. The molecule has 0 saturated carbocycles. The number of hydrogen-bond donors (Lipinski definition) is 0. The first-order valence-corrected chi connectivity index (χ1v) is 15.0. The highest BCUT2D eigenvalue weighted by atomic mass is 32.1. The SMILES string of the molecule is Cc1ccc(-c2cc(-c3cccs3)c3cccc(N4c5ccccc5N(c5ccccc5)c5ccccc54)c3n2)cc1. The van der Waals surface area contributed by atoms with Crippen LogP contribution < -0.4 is 9.80 Å². The number of rotatable bonds is 4. The summed E-state index contributed by atoms with van der Waals surface area (Å²) in [5, 5.41) is 3.29. The van der Waals surface area contributed by atoms with Gasteiger partial charge in [-0.25, -0.2) is 4.98 Å². The van der Waals surface area contributed by atoms with Gasteiger partial charge in [0.25, 0.3) is 0 Å². The summed E-state index contributed by atoms with van der Waals surface area (Å²) in [5.41, 5.74) is 12.2. The van der Waals surface area contributed by atoms with Crippen molar-refractivity contribution in [2.75, 3.05) is 9.80 Å². The number of benzene rings is 5. The molecule has 0 bridgehead atoms. The number of hydrogen-bond acceptors (Lipinski definition) is 4. The maximum atomic E-state index is 5.39. The van der Waals surface area contributed by atoms with Crippen LogP contribution in [0, 0.1) is 6.92 Å². The highest BCUT2D eigenvalue weighted by Crippen LogP contribution is 2.55. The second kappa shape index (κ2) is 10.0. The second-order valence-corrected chi connectivity index (χ2v) is 11.5. The minimum atomic E-state index is 0.975. The lowest BCUT2D eigenvalue weighted by Crippen LogP contribution is -2.24. The number of thiophene rings is 1. The van der Waals surface area contributed by atoms with E-state index < -0.39 is 0 Å². The molecule has 0 spiro atoms. The summed E-state index contributed by atoms with van der Waals surface area (Å²) < 4.78 is 0. The highest BCUT2D eigenvalue weighted by Gasteiger charge is 2.31. The van der Waals surface area contributed by atoms with Gasteiger partial charge in [0.15, 0.2) is 0 Å². The first-order valence-electron chi connectivity index (χ1n) is 14.1. The fraction of sp³-hybridized carbons (Fsp3) is 0.0263. The lowest BCUT2D eigenvalue weighted by atomic mass is 10.00. The molecule has 200 valence electrons. The minimum Gasteiger partial charge on any atom is -0.306 e. The Kier molecular flexibility index (Phi) is 5.87. The van der Waals surface area contributed by atoms with Gasteiger partial charge in [-0.2, -0.15) is 0 Å². The van der Waals surface area contributed by atoms with E-state index in [0.717, 1.165) is 56.3 Å². The van der Waals surface area contributed by atoms with Gasteiger partial charge in [-0.15, -0.1) is 11.3 Å². The molecule has 42 heavy (non-hydrogen) atoms. The molecule has 0 N–H and O–H groups in total. The number of fused-ring (bicyclic) bond motifs is 3. The van der Waals surface area contributed by atoms with Gasteiger partial charge in [-0.3, -0.25) is 0 Å². The number of nitrogens with zero attached hydrogens (tertiary/aromatic N) is 3. The largest absolute Gasteiger partial charge is 0.306 e. The predicted molar refractivity (Wildman–Crippen MR) is 178 cm³/mol. The van der Waals surface area contributed by atoms with Gasteiger partial charge in [0.05, 0.1) is 39.6 Å². The molecule has 0 aliphatic carbocycles. The molecule has 1 aliphatic rings. The Balaban J connectivity index is 1.42. The summed E-state index contributed by atoms with van der Waals surface area (Å²) in [4.78, 5) is 11.4. The summed E-state index contributed by atoms with van der Waals surface area (Å²) in [7, 11) is 0. The Bertz CT molecular complexity index is 2000. The van der Waals surface area contributed by atoms with E-state index in [1.54, 1.807) is 11.3 Å². The Morgan fingerprint density at radius 3 is 1.81 bits per heavy atom. The van der Waals surface area contributed by atoms with Crippen LogP contribution in [0.5, 0.6) is 0 Å². The van der Waals surface area contributed by atoms with Crippen molar-refractivity contribution in [1.82, 2.24) is 4.98 Å². The third kappa shape index (κ3) is 3.99. The van der Waals surface area contributed by atoms with Gasteiger partial charge >= 0.3 is 0 Å². The van der Waals surface area contributed by atoms with E-state index in [2.05, 4.69) is 162 Å². The van der Waals surface area contributed by atoms with E-state index in [1.165, 1.54) is 16.0 Å². The molecule has 3 nitrogen and oxygen atoms in total. The van der Waals surface area contributed by atoms with Crippen molar-refractivity contribution in [1.29, 1.82) is 0 Å². The van der Waals surface area contributed by atoms with Gasteiger partial charge in [0, 0.05) is 27.1 Å². The van der Waals surface area contributed by atoms with Crippen molar-refractivity contribution in [3.63, 3.8) is 0 Å². The van der Waals surface area contributed by atoms with Crippen molar-refractivity contribution in [2.24, 2.45) is 0 Å². The molecule has 5 aromatic carbocycles. The van der Waals surface area contributed by atoms with Crippen LogP contribution in [0.1, 0.15) is 5.56 Å². The first-order chi connectivity index (χ1) is 20.8. The van der Waals surface area contributed by atoms with E-state index in [4.69, 9.17) is 4.98 Å². The highest BCUT2D eigenvalue weighted by molar-refractivity contribution is 7.13. The van der Waals surface area contributed by atoms with Crippen molar-refractivity contribution in [2.45, 2.75) is 6.92 Å². The number of anilines is 6. The number of aromatic nitrogens is 1. The van der Waals surface area contributed by atoms with Crippen LogP contribution in [-0.2, 0) is 0 Å². The number of aryl methyl sites for hydroxylation is 1. The summed E-state index contributed by atoms with van der Waals surface area (Å²) in [6.45, 7) is 2.12. The monoisotopic (exact) mass is 557 g/mol. The zero-order valence-corrected chi connectivity index (χ0v) is 23.9. The molecule has 7 aromatic rings. The average molecular weight is 558 g/mol. The zero-order valence-electron chi connectivity index (χ0n) is 23.1. The fourth-order valence-corrected chi connectivity index (χ4v) is 6.74. The van der Waals surface area contributed by atoms with Crippen LogP contribution in [0.3, 0.4) is 0 Å². The standard InChI is InChI=1S/C38H27N3S/c1-26-20-22-27(23-21-26)31-25-30(37-19-10-24-42-37)29-13-9-18-36(38(29)39-31)41-34-16-7-5-14-32(34)40(28-11-3-2-4-12-28)33-15-6-8-17-35(33)41/h2-25H,1H3. The van der Waals surface area contributed by atoms with Crippen molar-refractivity contribution >= 4 is 56.4 Å². The third-order valence-corrected chi connectivity index (χ3v) is 8.84. The van der Waals surface area contributed by atoms with Gasteiger partial charge in [-0.05, 0) is 66.9 Å². The summed E-state index contributed by atoms with van der Waals surface area (Å²) in [6.07, 6.45) is 0. The molecule has 1 aliphatic heterocycles. The van der Waals surface area contributed by atoms with Crippen molar-refractivity contribution in [3.8, 4) is 21.7 Å². The lowest BCUT2D eigenvalue weighted by molar-refractivity contribution is 1.17. The van der Waals surface area contributed by atoms with Gasteiger partial charge in [-0.1, -0.05) is 90.5 Å². The van der Waals surface area contributed by atoms with E-state index in [-0.39, 0.29) is 0 Å². The van der Waals surface area contributed by atoms with Gasteiger partial charge in [0.1, 0.15) is 0 Å². The molecular formula is C38H27N3S. The molecule has 2 aromatic heterocycles. The molecule has 0 saturated heterocycles. The molecule has 0 unspecified atom stereocenters. The lowest BCUT2D eigenvalue weighted by Gasteiger charge is -2.40. The second-order valence-electron chi connectivity index (χ2n) is 10.6. The van der Waals surface area contributed by atoms with E-state index in [0.29, 0.717) is 0 Å². The molecule has 0 radical (unpaired) electrons. The van der Waals surface area contributed by atoms with Gasteiger partial charge < -0.3 is 9.80 Å². The van der Waals surface area contributed by atoms with Gasteiger partial charge in [0.2, 0.25) is 0 Å². The number of para-hydroxylation sites is 6. The van der Waals surface area contributed by atoms with E-state index in [9.17, 15) is 0 Å². The average Bonchev–Trinajstić information content (AvgIpc) is 3.59. The predicted octanol–water partition coefficient (Wildman–Crippen LogP) is 11.2. The molecule has 0 atom stereocenters. The van der Waals surface area contributed by atoms with Crippen LogP contribution in [0.25, 0.3) is 32.6 Å². The molecule has 0 fully saturated rings. The van der Waals surface area contributed by atoms with Crippen molar-refractivity contribution < 1.29 is 0 Å². The van der Waals surface area contributed by atoms with Crippen LogP contribution in [0.4, 0.5) is 34.1 Å². The van der Waals surface area contributed by atoms with Crippen LogP contribution in [0.2, 0.25) is 0 Å². The Hall–Kier alpha value is -5.19. The third-order valence-electron chi connectivity index (χ3n) is 7.93. The summed E-state index contributed by atoms with van der Waals surface area (Å²) in [6, 6.07) is 49.7. The normalized spacial score (nSPS) is 12.3. The van der Waals surface area contributed by atoms with Crippen molar-refractivity contribution in [3.05, 3.63) is 150 Å². The molecule has 8 rings (SSSR count). The zero-order chi connectivity index (χ0) is 28.0. The van der Waals surface area contributed by atoms with Crippen LogP contribution in [0.15, 0.2) is 145 Å². The number of pyridine rings is 1. The van der Waals surface area contributed by atoms with Crippen LogP contribution >= 0.6 is 11.3 Å². The maximum absolute atomic E-state index is 5.39. The minimum absolute atomic E-state index is 0.975. The van der Waals surface area contributed by atoms with E-state index >= 15 is 0 Å². The Morgan fingerprint density at radius 2 is 1.17 bits per heavy atom. The molecule has 4 heteroatoms. The summed E-state index contributed by atoms with van der Waals surface area (Å²) >= 11 is 1.77. The topological polar surface area (TPSA) is 19.4 Å². The Labute approximate surface area is 249 Å². The van der Waals surface area contributed by atoms with E-state index in [1.807, 2.05) is 0 Å². The molecule has 0 amide bonds.